The Morgan fingerprint density at radius 3 is 2.42 bits per heavy atom. The topological polar surface area (TPSA) is 88.2 Å². The summed E-state index contributed by atoms with van der Waals surface area (Å²) in [6.45, 7) is 0. The van der Waals surface area contributed by atoms with Crippen molar-refractivity contribution >= 4 is 39.0 Å². The summed E-state index contributed by atoms with van der Waals surface area (Å²) in [6, 6.07) is 17.1. The van der Waals surface area contributed by atoms with Gasteiger partial charge in [-0.1, -0.05) is 23.7 Å². The maximum atomic E-state index is 12.5. The minimum Gasteiger partial charge on any atom is -0.307 e. The van der Waals surface area contributed by atoms with Crippen molar-refractivity contribution in [3.8, 4) is 0 Å². The summed E-state index contributed by atoms with van der Waals surface area (Å²) in [5.41, 5.74) is 0.576. The Morgan fingerprint density at radius 1 is 0.962 bits per heavy atom. The van der Waals surface area contributed by atoms with Gasteiger partial charge in [-0.25, -0.2) is 13.4 Å². The van der Waals surface area contributed by atoms with Gasteiger partial charge in [-0.05, 0) is 54.6 Å². The monoisotopic (exact) mass is 387 g/mol. The van der Waals surface area contributed by atoms with Gasteiger partial charge in [0, 0.05) is 22.5 Å². The zero-order chi connectivity index (χ0) is 18.6. The van der Waals surface area contributed by atoms with Gasteiger partial charge >= 0.3 is 0 Å². The summed E-state index contributed by atoms with van der Waals surface area (Å²) in [5.74, 6) is -0.0720. The number of pyridine rings is 1. The van der Waals surface area contributed by atoms with Gasteiger partial charge in [-0.3, -0.25) is 9.52 Å². The van der Waals surface area contributed by atoms with Crippen LogP contribution in [0.15, 0.2) is 77.8 Å². The minimum atomic E-state index is -3.84. The first-order chi connectivity index (χ1) is 12.4. The van der Waals surface area contributed by atoms with Crippen molar-refractivity contribution < 1.29 is 13.2 Å². The molecule has 1 amide bonds. The van der Waals surface area contributed by atoms with Gasteiger partial charge in [0.05, 0.1) is 4.90 Å². The van der Waals surface area contributed by atoms with E-state index in [-0.39, 0.29) is 10.5 Å². The molecule has 132 valence electrons. The van der Waals surface area contributed by atoms with Crippen LogP contribution >= 0.6 is 11.6 Å². The van der Waals surface area contributed by atoms with E-state index < -0.39 is 15.9 Å². The van der Waals surface area contributed by atoms with Crippen molar-refractivity contribution in [3.05, 3.63) is 83.5 Å². The van der Waals surface area contributed by atoms with E-state index in [1.165, 1.54) is 24.3 Å². The van der Waals surface area contributed by atoms with Crippen molar-refractivity contribution in [2.24, 2.45) is 0 Å². The number of carbonyl (C=O) groups is 1. The molecule has 6 nitrogen and oxygen atoms in total. The normalized spacial score (nSPS) is 11.0. The quantitative estimate of drug-likeness (QED) is 0.697. The van der Waals surface area contributed by atoms with Crippen LogP contribution in [0.3, 0.4) is 0 Å². The Morgan fingerprint density at radius 2 is 1.73 bits per heavy atom. The summed E-state index contributed by atoms with van der Waals surface area (Å²) < 4.78 is 27.5. The maximum Gasteiger partial charge on any atom is 0.261 e. The number of hydrogen-bond acceptors (Lipinski definition) is 4. The van der Waals surface area contributed by atoms with Gasteiger partial charge in [0.25, 0.3) is 15.9 Å². The Bertz CT molecular complexity index is 1020. The van der Waals surface area contributed by atoms with E-state index >= 15 is 0 Å². The summed E-state index contributed by atoms with van der Waals surface area (Å²) >= 11 is 5.80. The Hall–Kier alpha value is -2.90. The van der Waals surface area contributed by atoms with Crippen LogP contribution in [0.5, 0.6) is 0 Å². The second-order valence-electron chi connectivity index (χ2n) is 5.31. The number of rotatable bonds is 5. The molecule has 0 saturated carbocycles. The molecule has 0 unspecified atom stereocenters. The van der Waals surface area contributed by atoms with Gasteiger partial charge in [0.2, 0.25) is 0 Å². The van der Waals surface area contributed by atoms with Crippen LogP contribution in [-0.2, 0) is 10.0 Å². The van der Waals surface area contributed by atoms with E-state index in [4.69, 9.17) is 11.6 Å². The standard InChI is InChI=1S/C18H14ClN3O3S/c19-14-7-9-15(10-8-14)22-26(24,25)16-5-3-4-13(12-16)18(23)21-17-6-1-2-11-20-17/h1-12,22H,(H,20,21,23). The molecule has 3 rings (SSSR count). The number of nitrogens with one attached hydrogen (secondary N) is 2. The van der Waals surface area contributed by atoms with Crippen molar-refractivity contribution in [1.82, 2.24) is 4.98 Å². The molecule has 0 aliphatic rings. The minimum absolute atomic E-state index is 0.0267. The highest BCUT2D eigenvalue weighted by Gasteiger charge is 2.17. The number of hydrogen-bond donors (Lipinski definition) is 2. The third-order valence-corrected chi connectivity index (χ3v) is 5.04. The summed E-state index contributed by atoms with van der Waals surface area (Å²) in [4.78, 5) is 16.3. The van der Waals surface area contributed by atoms with E-state index in [9.17, 15) is 13.2 Å². The fraction of sp³-hybridized carbons (Fsp3) is 0. The number of amides is 1. The molecule has 2 N–H and O–H groups in total. The molecule has 2 aromatic carbocycles. The highest BCUT2D eigenvalue weighted by atomic mass is 35.5. The first kappa shape index (κ1) is 17.9. The number of benzene rings is 2. The van der Waals surface area contributed by atoms with E-state index in [2.05, 4.69) is 15.0 Å². The Balaban J connectivity index is 1.81. The number of aromatic nitrogens is 1. The Labute approximate surface area is 155 Å². The van der Waals surface area contributed by atoms with E-state index in [1.54, 1.807) is 48.7 Å². The fourth-order valence-corrected chi connectivity index (χ4v) is 3.39. The van der Waals surface area contributed by atoms with Gasteiger partial charge in [-0.15, -0.1) is 0 Å². The lowest BCUT2D eigenvalue weighted by Crippen LogP contribution is -2.16. The lowest BCUT2D eigenvalue weighted by molar-refractivity contribution is 0.102. The molecular weight excluding hydrogens is 374 g/mol. The molecule has 0 bridgehead atoms. The van der Waals surface area contributed by atoms with E-state index in [1.807, 2.05) is 0 Å². The lowest BCUT2D eigenvalue weighted by Gasteiger charge is -2.10. The van der Waals surface area contributed by atoms with Crippen molar-refractivity contribution in [2.75, 3.05) is 10.0 Å². The number of nitrogens with zero attached hydrogens (tertiary/aromatic N) is 1. The number of carbonyl (C=O) groups excluding carboxylic acids is 1. The summed E-state index contributed by atoms with van der Waals surface area (Å²) in [7, 11) is -3.84. The lowest BCUT2D eigenvalue weighted by atomic mass is 10.2. The second kappa shape index (κ2) is 7.55. The van der Waals surface area contributed by atoms with Crippen LogP contribution in [0.2, 0.25) is 5.02 Å². The van der Waals surface area contributed by atoms with Gasteiger partial charge < -0.3 is 5.32 Å². The molecule has 1 heterocycles. The van der Waals surface area contributed by atoms with Crippen molar-refractivity contribution in [2.45, 2.75) is 4.90 Å². The predicted molar refractivity (Wildman–Crippen MR) is 101 cm³/mol. The predicted octanol–water partition coefficient (Wildman–Crippen LogP) is 3.79. The molecule has 8 heteroatoms. The number of anilines is 2. The largest absolute Gasteiger partial charge is 0.307 e. The summed E-state index contributed by atoms with van der Waals surface area (Å²) in [5, 5.41) is 3.11. The molecule has 0 saturated heterocycles. The second-order valence-corrected chi connectivity index (χ2v) is 7.43. The van der Waals surface area contributed by atoms with Crippen LogP contribution < -0.4 is 10.0 Å². The zero-order valence-electron chi connectivity index (χ0n) is 13.4. The number of sulfonamides is 1. The Kier molecular flexibility index (Phi) is 5.20. The fourth-order valence-electron chi connectivity index (χ4n) is 2.16. The van der Waals surface area contributed by atoms with Crippen LogP contribution in [0.1, 0.15) is 10.4 Å². The molecule has 0 aliphatic carbocycles. The third kappa shape index (κ3) is 4.38. The van der Waals surface area contributed by atoms with Crippen LogP contribution in [0, 0.1) is 0 Å². The molecule has 0 fully saturated rings. The SMILES string of the molecule is O=C(Nc1ccccn1)c1cccc(S(=O)(=O)Nc2ccc(Cl)cc2)c1. The molecule has 0 spiro atoms. The van der Waals surface area contributed by atoms with Crippen LogP contribution in [0.4, 0.5) is 11.5 Å². The summed E-state index contributed by atoms with van der Waals surface area (Å²) in [6.07, 6.45) is 1.55. The van der Waals surface area contributed by atoms with Gasteiger partial charge in [0.15, 0.2) is 0 Å². The maximum absolute atomic E-state index is 12.5. The van der Waals surface area contributed by atoms with Crippen molar-refractivity contribution in [1.29, 1.82) is 0 Å². The van der Waals surface area contributed by atoms with Crippen LogP contribution in [-0.4, -0.2) is 19.3 Å². The van der Waals surface area contributed by atoms with Crippen LogP contribution in [0.25, 0.3) is 0 Å². The molecule has 0 radical (unpaired) electrons. The molecular formula is C18H14ClN3O3S. The van der Waals surface area contributed by atoms with Crippen molar-refractivity contribution in [3.63, 3.8) is 0 Å². The highest BCUT2D eigenvalue weighted by Crippen LogP contribution is 2.19. The smallest absolute Gasteiger partial charge is 0.261 e. The highest BCUT2D eigenvalue weighted by molar-refractivity contribution is 7.92. The van der Waals surface area contributed by atoms with E-state index in [0.717, 1.165) is 0 Å². The average Bonchev–Trinajstić information content (AvgIpc) is 2.64. The molecule has 0 aliphatic heterocycles. The van der Waals surface area contributed by atoms with E-state index in [0.29, 0.717) is 16.5 Å². The first-order valence-electron chi connectivity index (χ1n) is 7.55. The van der Waals surface area contributed by atoms with Gasteiger partial charge in [0.1, 0.15) is 5.82 Å². The first-order valence-corrected chi connectivity index (χ1v) is 9.41. The molecule has 26 heavy (non-hydrogen) atoms. The van der Waals surface area contributed by atoms with Gasteiger partial charge in [-0.2, -0.15) is 0 Å². The average molecular weight is 388 g/mol. The third-order valence-electron chi connectivity index (χ3n) is 3.41. The molecule has 3 aromatic rings. The molecule has 0 atom stereocenters. The number of halogens is 1. The zero-order valence-corrected chi connectivity index (χ0v) is 15.0. The molecule has 1 aromatic heterocycles.